The van der Waals surface area contributed by atoms with Crippen molar-refractivity contribution in [3.63, 3.8) is 0 Å². The highest BCUT2D eigenvalue weighted by atomic mass is 32.2. The maximum Gasteiger partial charge on any atom is 0.407 e. The molecule has 1 aromatic carbocycles. The van der Waals surface area contributed by atoms with Crippen LogP contribution in [0, 0.1) is 0 Å². The van der Waals surface area contributed by atoms with Crippen molar-refractivity contribution in [3.05, 3.63) is 35.9 Å². The third-order valence-corrected chi connectivity index (χ3v) is 3.36. The summed E-state index contributed by atoms with van der Waals surface area (Å²) in [4.78, 5) is 11.7. The summed E-state index contributed by atoms with van der Waals surface area (Å²) in [7, 11) is 0.460. The van der Waals surface area contributed by atoms with E-state index >= 15 is 0 Å². The quantitative estimate of drug-likeness (QED) is 0.549. The second kappa shape index (κ2) is 10.3. The van der Waals surface area contributed by atoms with E-state index in [2.05, 4.69) is 5.32 Å². The number of carbonyl (C=O) groups excluding carboxylic acids is 1. The number of alkyl carbamates (subject to hydrolysis) is 1. The second-order valence-corrected chi connectivity index (χ2v) is 5.90. The lowest BCUT2D eigenvalue weighted by Crippen LogP contribution is -2.42. The van der Waals surface area contributed by atoms with Crippen LogP contribution in [0.2, 0.25) is 0 Å². The third-order valence-electron chi connectivity index (χ3n) is 2.49. The predicted octanol–water partition coefficient (Wildman–Crippen LogP) is 1.28. The smallest absolute Gasteiger partial charge is 0.407 e. The second-order valence-electron chi connectivity index (χ2n) is 4.42. The molecule has 118 valence electrons. The molecule has 0 bridgehead atoms. The summed E-state index contributed by atoms with van der Waals surface area (Å²) in [5, 5.41) is 2.64. The van der Waals surface area contributed by atoms with Gasteiger partial charge in [-0.15, -0.1) is 0 Å². The van der Waals surface area contributed by atoms with Crippen LogP contribution in [-0.2, 0) is 31.6 Å². The van der Waals surface area contributed by atoms with Crippen molar-refractivity contribution in [1.29, 1.82) is 0 Å². The molecule has 0 aromatic heterocycles. The minimum atomic E-state index is -1.05. The highest BCUT2D eigenvalue weighted by Crippen LogP contribution is 2.01. The topological polar surface area (TPSA) is 73.9 Å². The molecule has 0 saturated carbocycles. The minimum Gasteiger partial charge on any atom is -0.445 e. The number of ether oxygens (including phenoxy) is 3. The SMILES string of the molecule is COCOC[C@@H](CS(C)=O)NC(=O)OCc1ccccc1. The fourth-order valence-electron chi connectivity index (χ4n) is 1.62. The van der Waals surface area contributed by atoms with Crippen molar-refractivity contribution in [2.24, 2.45) is 0 Å². The summed E-state index contributed by atoms with van der Waals surface area (Å²) in [5.41, 5.74) is 0.902. The first-order chi connectivity index (χ1) is 10.1. The van der Waals surface area contributed by atoms with Crippen LogP contribution in [0.3, 0.4) is 0 Å². The van der Waals surface area contributed by atoms with Crippen molar-refractivity contribution in [2.45, 2.75) is 12.6 Å². The molecule has 0 fully saturated rings. The zero-order chi connectivity index (χ0) is 15.5. The Hall–Kier alpha value is -1.44. The molecule has 2 atom stereocenters. The molecule has 1 amide bonds. The average Bonchev–Trinajstić information content (AvgIpc) is 2.46. The lowest BCUT2D eigenvalue weighted by atomic mass is 10.2. The fourth-order valence-corrected chi connectivity index (χ4v) is 2.37. The van der Waals surface area contributed by atoms with Gasteiger partial charge in [-0.1, -0.05) is 30.3 Å². The van der Waals surface area contributed by atoms with Crippen LogP contribution in [0.5, 0.6) is 0 Å². The van der Waals surface area contributed by atoms with Gasteiger partial charge >= 0.3 is 6.09 Å². The van der Waals surface area contributed by atoms with Crippen LogP contribution in [-0.4, -0.2) is 48.9 Å². The molecule has 0 aliphatic heterocycles. The van der Waals surface area contributed by atoms with Crippen molar-refractivity contribution in [1.82, 2.24) is 5.32 Å². The van der Waals surface area contributed by atoms with Crippen molar-refractivity contribution >= 4 is 16.9 Å². The van der Waals surface area contributed by atoms with E-state index in [4.69, 9.17) is 14.2 Å². The minimum absolute atomic E-state index is 0.119. The Morgan fingerprint density at radius 3 is 2.67 bits per heavy atom. The highest BCUT2D eigenvalue weighted by Gasteiger charge is 2.15. The number of benzene rings is 1. The van der Waals surface area contributed by atoms with Gasteiger partial charge in [-0.2, -0.15) is 0 Å². The van der Waals surface area contributed by atoms with Crippen molar-refractivity contribution in [3.8, 4) is 0 Å². The van der Waals surface area contributed by atoms with E-state index in [0.717, 1.165) is 5.56 Å². The van der Waals surface area contributed by atoms with E-state index in [9.17, 15) is 9.00 Å². The van der Waals surface area contributed by atoms with Crippen LogP contribution in [0.15, 0.2) is 30.3 Å². The maximum absolute atomic E-state index is 11.7. The molecular weight excluding hydrogens is 294 g/mol. The predicted molar refractivity (Wildman–Crippen MR) is 80.3 cm³/mol. The van der Waals surface area contributed by atoms with Gasteiger partial charge in [-0.3, -0.25) is 4.21 Å². The summed E-state index contributed by atoms with van der Waals surface area (Å²) in [6.07, 6.45) is 1.01. The van der Waals surface area contributed by atoms with Gasteiger partial charge in [0.25, 0.3) is 0 Å². The Morgan fingerprint density at radius 2 is 2.05 bits per heavy atom. The summed E-state index contributed by atoms with van der Waals surface area (Å²) < 4.78 is 26.3. The summed E-state index contributed by atoms with van der Waals surface area (Å²) in [6.45, 7) is 0.523. The summed E-state index contributed by atoms with van der Waals surface area (Å²) >= 11 is 0. The van der Waals surface area contributed by atoms with E-state index in [1.54, 1.807) is 6.26 Å². The number of nitrogens with one attached hydrogen (secondary N) is 1. The van der Waals surface area contributed by atoms with Crippen LogP contribution >= 0.6 is 0 Å². The number of hydrogen-bond acceptors (Lipinski definition) is 5. The molecular formula is C14H21NO5S. The number of rotatable bonds is 9. The number of amides is 1. The zero-order valence-electron chi connectivity index (χ0n) is 12.2. The van der Waals surface area contributed by atoms with Gasteiger partial charge < -0.3 is 19.5 Å². The third kappa shape index (κ3) is 8.44. The fraction of sp³-hybridized carbons (Fsp3) is 0.500. The summed E-state index contributed by atoms with van der Waals surface area (Å²) in [6, 6.07) is 9.00. The molecule has 1 aromatic rings. The molecule has 0 heterocycles. The average molecular weight is 315 g/mol. The van der Waals surface area contributed by atoms with Crippen LogP contribution < -0.4 is 5.32 Å². The van der Waals surface area contributed by atoms with Gasteiger partial charge in [0.05, 0.1) is 12.6 Å². The van der Waals surface area contributed by atoms with E-state index in [0.29, 0.717) is 5.75 Å². The zero-order valence-corrected chi connectivity index (χ0v) is 13.1. The van der Waals surface area contributed by atoms with E-state index in [1.165, 1.54) is 7.11 Å². The van der Waals surface area contributed by atoms with E-state index in [-0.39, 0.29) is 26.0 Å². The molecule has 1 N–H and O–H groups in total. The lowest BCUT2D eigenvalue weighted by molar-refractivity contribution is -0.0360. The molecule has 0 aliphatic rings. The van der Waals surface area contributed by atoms with Gasteiger partial charge in [0, 0.05) is 29.9 Å². The molecule has 0 aliphatic carbocycles. The first-order valence-electron chi connectivity index (χ1n) is 6.45. The van der Waals surface area contributed by atoms with Gasteiger partial charge in [-0.05, 0) is 5.56 Å². The molecule has 1 rings (SSSR count). The van der Waals surface area contributed by atoms with Gasteiger partial charge in [0.1, 0.15) is 13.4 Å². The van der Waals surface area contributed by atoms with Gasteiger partial charge in [0.15, 0.2) is 0 Å². The Morgan fingerprint density at radius 1 is 1.33 bits per heavy atom. The molecule has 0 spiro atoms. The number of hydrogen-bond donors (Lipinski definition) is 1. The van der Waals surface area contributed by atoms with Crippen LogP contribution in [0.4, 0.5) is 4.79 Å². The molecule has 7 heteroatoms. The van der Waals surface area contributed by atoms with Crippen molar-refractivity contribution < 1.29 is 23.2 Å². The van der Waals surface area contributed by atoms with E-state index in [1.807, 2.05) is 30.3 Å². The number of methoxy groups -OCH3 is 1. The van der Waals surface area contributed by atoms with Gasteiger partial charge in [0.2, 0.25) is 0 Å². The van der Waals surface area contributed by atoms with Crippen molar-refractivity contribution in [2.75, 3.05) is 32.5 Å². The molecule has 1 unspecified atom stereocenters. The molecule has 6 nitrogen and oxygen atoms in total. The first-order valence-corrected chi connectivity index (χ1v) is 8.18. The molecule has 21 heavy (non-hydrogen) atoms. The Kier molecular flexibility index (Phi) is 8.65. The monoisotopic (exact) mass is 315 g/mol. The van der Waals surface area contributed by atoms with E-state index < -0.39 is 16.9 Å². The van der Waals surface area contributed by atoms with Crippen LogP contribution in [0.1, 0.15) is 5.56 Å². The molecule has 0 saturated heterocycles. The van der Waals surface area contributed by atoms with Crippen LogP contribution in [0.25, 0.3) is 0 Å². The molecule has 0 radical (unpaired) electrons. The lowest BCUT2D eigenvalue weighted by Gasteiger charge is -2.17. The Labute approximate surface area is 127 Å². The summed E-state index contributed by atoms with van der Waals surface area (Å²) in [5.74, 6) is 0.296. The van der Waals surface area contributed by atoms with Gasteiger partial charge in [-0.25, -0.2) is 4.79 Å². The maximum atomic E-state index is 11.7. The Bertz CT molecular complexity index is 440. The number of carbonyl (C=O) groups is 1. The largest absolute Gasteiger partial charge is 0.445 e. The normalized spacial score (nSPS) is 13.4. The first kappa shape index (κ1) is 17.6. The standard InChI is InChI=1S/C14H21NO5S/c1-18-11-19-9-13(10-21(2)17)15-14(16)20-8-12-6-4-3-5-7-12/h3-7,13H,8-11H2,1-2H3,(H,15,16)/t13-,21?/m0/s1. The highest BCUT2D eigenvalue weighted by molar-refractivity contribution is 7.84. The Balaban J connectivity index is 2.37.